The molecule has 0 amide bonds. The van der Waals surface area contributed by atoms with Gasteiger partial charge < -0.3 is 9.52 Å². The zero-order valence-corrected chi connectivity index (χ0v) is 11.5. The van der Waals surface area contributed by atoms with Crippen LogP contribution in [0.2, 0.25) is 0 Å². The fourth-order valence-corrected chi connectivity index (χ4v) is 2.31. The molecule has 0 atom stereocenters. The van der Waals surface area contributed by atoms with Crippen LogP contribution in [0.4, 0.5) is 0 Å². The third-order valence-corrected chi connectivity index (χ3v) is 3.39. The van der Waals surface area contributed by atoms with Crippen LogP contribution in [0.25, 0.3) is 10.8 Å². The molecule has 0 unspecified atom stereocenters. The van der Waals surface area contributed by atoms with E-state index in [0.29, 0.717) is 11.6 Å². The van der Waals surface area contributed by atoms with E-state index in [0.717, 1.165) is 10.6 Å². The number of hydrogen-bond donors (Lipinski definition) is 1. The Kier molecular flexibility index (Phi) is 2.98. The molecule has 18 heavy (non-hydrogen) atoms. The van der Waals surface area contributed by atoms with Gasteiger partial charge in [-0.1, -0.05) is 20.8 Å². The molecular formula is C12H14N2O3S. The first-order chi connectivity index (χ1) is 8.30. The lowest BCUT2D eigenvalue weighted by Crippen LogP contribution is -2.16. The third kappa shape index (κ3) is 2.15. The number of hydrogen-bond acceptors (Lipinski definition) is 5. The standard InChI is InChI=1S/C12H14N2O3S/c1-6-8(18-5-13-6)10-14-9(12(2,3)4)7(17-10)11(15)16/h5H,1-4H3,(H,15,16). The van der Waals surface area contributed by atoms with Gasteiger partial charge in [-0.2, -0.15) is 0 Å². The summed E-state index contributed by atoms with van der Waals surface area (Å²) >= 11 is 1.39. The van der Waals surface area contributed by atoms with Crippen LogP contribution in [0, 0.1) is 6.92 Å². The molecule has 96 valence electrons. The maximum atomic E-state index is 11.2. The second kappa shape index (κ2) is 4.20. The number of rotatable bonds is 2. The minimum atomic E-state index is -1.10. The van der Waals surface area contributed by atoms with Gasteiger partial charge in [-0.3, -0.25) is 0 Å². The van der Waals surface area contributed by atoms with E-state index < -0.39 is 5.97 Å². The Labute approximate surface area is 109 Å². The van der Waals surface area contributed by atoms with Gasteiger partial charge in [0.15, 0.2) is 0 Å². The normalized spacial score (nSPS) is 11.8. The largest absolute Gasteiger partial charge is 0.475 e. The van der Waals surface area contributed by atoms with Crippen molar-refractivity contribution >= 4 is 17.3 Å². The highest BCUT2D eigenvalue weighted by Crippen LogP contribution is 2.32. The number of aryl methyl sites for hydroxylation is 1. The number of carbonyl (C=O) groups is 1. The smallest absolute Gasteiger partial charge is 0.373 e. The Morgan fingerprint density at radius 2 is 2.11 bits per heavy atom. The van der Waals surface area contributed by atoms with Crippen molar-refractivity contribution in [3.63, 3.8) is 0 Å². The first kappa shape index (κ1) is 12.8. The van der Waals surface area contributed by atoms with Gasteiger partial charge in [-0.15, -0.1) is 11.3 Å². The number of carboxylic acids is 1. The molecule has 0 radical (unpaired) electrons. The van der Waals surface area contributed by atoms with Crippen molar-refractivity contribution in [1.82, 2.24) is 9.97 Å². The number of oxazole rings is 1. The second-order valence-electron chi connectivity index (χ2n) is 5.02. The van der Waals surface area contributed by atoms with E-state index in [1.807, 2.05) is 27.7 Å². The minimum Gasteiger partial charge on any atom is -0.475 e. The molecule has 0 aromatic carbocycles. The summed E-state index contributed by atoms with van der Waals surface area (Å²) < 4.78 is 5.39. The molecule has 2 heterocycles. The number of aromatic nitrogens is 2. The van der Waals surface area contributed by atoms with Crippen molar-refractivity contribution in [1.29, 1.82) is 0 Å². The Hall–Kier alpha value is -1.69. The van der Waals surface area contributed by atoms with E-state index in [9.17, 15) is 4.79 Å². The Bertz CT molecular complexity index is 593. The first-order valence-electron chi connectivity index (χ1n) is 5.45. The summed E-state index contributed by atoms with van der Waals surface area (Å²) in [6.07, 6.45) is 0. The molecule has 2 aromatic rings. The van der Waals surface area contributed by atoms with E-state index in [4.69, 9.17) is 9.52 Å². The van der Waals surface area contributed by atoms with E-state index in [1.54, 1.807) is 5.51 Å². The Morgan fingerprint density at radius 1 is 1.44 bits per heavy atom. The highest BCUT2D eigenvalue weighted by Gasteiger charge is 2.29. The molecule has 0 spiro atoms. The summed E-state index contributed by atoms with van der Waals surface area (Å²) in [6, 6.07) is 0. The van der Waals surface area contributed by atoms with Crippen molar-refractivity contribution < 1.29 is 14.3 Å². The summed E-state index contributed by atoms with van der Waals surface area (Å²) in [5.74, 6) is -0.858. The molecule has 2 rings (SSSR count). The van der Waals surface area contributed by atoms with Gasteiger partial charge >= 0.3 is 5.97 Å². The quantitative estimate of drug-likeness (QED) is 0.903. The summed E-state index contributed by atoms with van der Waals surface area (Å²) in [6.45, 7) is 7.55. The predicted molar refractivity (Wildman–Crippen MR) is 68.0 cm³/mol. The monoisotopic (exact) mass is 266 g/mol. The van der Waals surface area contributed by atoms with E-state index in [-0.39, 0.29) is 11.2 Å². The summed E-state index contributed by atoms with van der Waals surface area (Å²) in [5, 5.41) is 9.16. The lowest BCUT2D eigenvalue weighted by atomic mass is 9.91. The Morgan fingerprint density at radius 3 is 2.50 bits per heavy atom. The van der Waals surface area contributed by atoms with Crippen LogP contribution in [0.3, 0.4) is 0 Å². The lowest BCUT2D eigenvalue weighted by Gasteiger charge is -2.14. The fourth-order valence-electron chi connectivity index (χ4n) is 1.58. The average molecular weight is 266 g/mol. The first-order valence-corrected chi connectivity index (χ1v) is 6.33. The van der Waals surface area contributed by atoms with Crippen LogP contribution in [0.1, 0.15) is 42.7 Å². The van der Waals surface area contributed by atoms with E-state index in [1.165, 1.54) is 11.3 Å². The van der Waals surface area contributed by atoms with Gasteiger partial charge in [0.1, 0.15) is 10.6 Å². The van der Waals surface area contributed by atoms with Crippen molar-refractivity contribution in [3.8, 4) is 10.8 Å². The lowest BCUT2D eigenvalue weighted by molar-refractivity contribution is 0.0659. The molecule has 6 heteroatoms. The predicted octanol–water partition coefficient (Wildman–Crippen LogP) is 3.10. The molecule has 0 aliphatic rings. The molecule has 0 aliphatic carbocycles. The van der Waals surface area contributed by atoms with Gasteiger partial charge in [0.2, 0.25) is 11.7 Å². The minimum absolute atomic E-state index is 0.0923. The van der Waals surface area contributed by atoms with Crippen molar-refractivity contribution in [2.45, 2.75) is 33.1 Å². The van der Waals surface area contributed by atoms with Crippen LogP contribution in [0.15, 0.2) is 9.93 Å². The van der Waals surface area contributed by atoms with Crippen LogP contribution in [-0.4, -0.2) is 21.0 Å². The molecule has 0 fully saturated rings. The van der Waals surface area contributed by atoms with Crippen LogP contribution in [-0.2, 0) is 5.41 Å². The molecule has 0 bridgehead atoms. The van der Waals surface area contributed by atoms with Gasteiger partial charge in [-0.25, -0.2) is 14.8 Å². The van der Waals surface area contributed by atoms with Crippen LogP contribution in [0.5, 0.6) is 0 Å². The third-order valence-electron chi connectivity index (χ3n) is 2.47. The molecule has 0 saturated heterocycles. The topological polar surface area (TPSA) is 76.2 Å². The molecule has 5 nitrogen and oxygen atoms in total. The SMILES string of the molecule is Cc1ncsc1-c1nc(C(C)(C)C)c(C(=O)O)o1. The van der Waals surface area contributed by atoms with Crippen molar-refractivity contribution in [2.75, 3.05) is 0 Å². The fraction of sp³-hybridized carbons (Fsp3) is 0.417. The zero-order valence-electron chi connectivity index (χ0n) is 10.6. The zero-order chi connectivity index (χ0) is 13.5. The molecule has 0 saturated carbocycles. The number of aromatic carboxylic acids is 1. The number of carboxylic acid groups (broad SMARTS) is 1. The maximum Gasteiger partial charge on any atom is 0.373 e. The van der Waals surface area contributed by atoms with Gasteiger partial charge in [0.05, 0.1) is 11.2 Å². The van der Waals surface area contributed by atoms with Crippen molar-refractivity contribution in [2.24, 2.45) is 0 Å². The molecular weight excluding hydrogens is 252 g/mol. The van der Waals surface area contributed by atoms with E-state index in [2.05, 4.69) is 9.97 Å². The number of thiazole rings is 1. The maximum absolute atomic E-state index is 11.2. The number of nitrogens with zero attached hydrogens (tertiary/aromatic N) is 2. The summed E-state index contributed by atoms with van der Waals surface area (Å²) in [4.78, 5) is 20.4. The van der Waals surface area contributed by atoms with Gasteiger partial charge in [0.25, 0.3) is 0 Å². The summed E-state index contributed by atoms with van der Waals surface area (Å²) in [7, 11) is 0. The highest BCUT2D eigenvalue weighted by atomic mass is 32.1. The average Bonchev–Trinajstić information content (AvgIpc) is 2.81. The summed E-state index contributed by atoms with van der Waals surface area (Å²) in [5.41, 5.74) is 2.55. The second-order valence-corrected chi connectivity index (χ2v) is 5.87. The highest BCUT2D eigenvalue weighted by molar-refractivity contribution is 7.13. The van der Waals surface area contributed by atoms with E-state index >= 15 is 0 Å². The van der Waals surface area contributed by atoms with Crippen LogP contribution >= 0.6 is 11.3 Å². The molecule has 0 aliphatic heterocycles. The molecule has 2 aromatic heterocycles. The Balaban J connectivity index is 2.60. The van der Waals surface area contributed by atoms with Crippen LogP contribution < -0.4 is 0 Å². The molecule has 1 N–H and O–H groups in total. The van der Waals surface area contributed by atoms with Gasteiger partial charge in [-0.05, 0) is 6.92 Å². The van der Waals surface area contributed by atoms with Gasteiger partial charge in [0, 0.05) is 5.41 Å². The van der Waals surface area contributed by atoms with Crippen molar-refractivity contribution in [3.05, 3.63) is 22.7 Å².